The zero-order valence-electron chi connectivity index (χ0n) is 30.7. The van der Waals surface area contributed by atoms with Crippen molar-refractivity contribution in [3.05, 3.63) is 36.5 Å². The molecule has 53 heavy (non-hydrogen) atoms. The third-order valence-corrected chi connectivity index (χ3v) is 8.42. The lowest BCUT2D eigenvalue weighted by molar-refractivity contribution is -0.368. The molecule has 0 aliphatic carbocycles. The molecule has 0 aromatic rings. The lowest BCUT2D eigenvalue weighted by Crippen LogP contribution is -2.62. The Bertz CT molecular complexity index is 1170. The molecule has 0 saturated carbocycles. The topological polar surface area (TPSA) is 129 Å². The van der Waals surface area contributed by atoms with Crippen molar-refractivity contribution in [3.8, 4) is 0 Å². The molecular weight excluding hydrogens is 728 g/mol. The average molecular weight is 783 g/mol. The number of aliphatic hydroxyl groups excluding tert-OH is 2. The molecule has 9 nitrogen and oxygen atoms in total. The van der Waals surface area contributed by atoms with Crippen LogP contribution in [0, 0.1) is 11.3 Å². The second-order valence-electron chi connectivity index (χ2n) is 13.4. The van der Waals surface area contributed by atoms with Crippen molar-refractivity contribution in [2.45, 2.75) is 115 Å². The molecule has 0 bridgehead atoms. The fourth-order valence-corrected chi connectivity index (χ4v) is 4.79. The van der Waals surface area contributed by atoms with E-state index in [-0.39, 0.29) is 61.9 Å². The molecule has 0 unspecified atom stereocenters. The van der Waals surface area contributed by atoms with Crippen LogP contribution in [0.3, 0.4) is 0 Å². The van der Waals surface area contributed by atoms with Crippen LogP contribution in [0.2, 0.25) is 0 Å². The number of carbonyl (C=O) groups excluding carboxylic acids is 3. The lowest BCUT2D eigenvalue weighted by atomic mass is 9.80. The van der Waals surface area contributed by atoms with Crippen LogP contribution in [0.4, 0.5) is 35.1 Å². The maximum Gasteiger partial charge on any atom is 0.378 e. The summed E-state index contributed by atoms with van der Waals surface area (Å²) in [4.78, 5) is 37.1. The highest BCUT2D eigenvalue weighted by Crippen LogP contribution is 2.55. The highest BCUT2D eigenvalue weighted by atomic mass is 19.4. The molecule has 0 heterocycles. The Morgan fingerprint density at radius 1 is 0.623 bits per heavy atom. The van der Waals surface area contributed by atoms with E-state index in [1.54, 1.807) is 0 Å². The van der Waals surface area contributed by atoms with Crippen LogP contribution >= 0.6 is 0 Å². The van der Waals surface area contributed by atoms with Crippen molar-refractivity contribution in [3.63, 3.8) is 0 Å². The molecule has 0 radical (unpaired) electrons. The molecule has 0 aromatic heterocycles. The van der Waals surface area contributed by atoms with Gasteiger partial charge in [0, 0.05) is 55.1 Å². The van der Waals surface area contributed by atoms with E-state index in [1.165, 1.54) is 20.8 Å². The quantitative estimate of drug-likeness (QED) is 0.0247. The first-order chi connectivity index (χ1) is 24.5. The monoisotopic (exact) mass is 782 g/mol. The summed E-state index contributed by atoms with van der Waals surface area (Å²) in [6.07, 6.45) is -4.57. The number of alkyl halides is 8. The second kappa shape index (κ2) is 23.0. The molecule has 0 fully saturated rings. The molecule has 0 aromatic carbocycles. The Morgan fingerprint density at radius 3 is 1.57 bits per heavy atom. The Morgan fingerprint density at radius 2 is 1.11 bits per heavy atom. The number of ether oxygens (including phenoxy) is 4. The fourth-order valence-electron chi connectivity index (χ4n) is 4.79. The van der Waals surface area contributed by atoms with Gasteiger partial charge in [0.15, 0.2) is 0 Å². The van der Waals surface area contributed by atoms with E-state index in [0.717, 1.165) is 0 Å². The number of rotatable bonds is 30. The first-order valence-corrected chi connectivity index (χ1v) is 17.3. The van der Waals surface area contributed by atoms with E-state index in [2.05, 4.69) is 19.7 Å². The third kappa shape index (κ3) is 16.1. The molecule has 0 atom stereocenters. The van der Waals surface area contributed by atoms with Crippen LogP contribution in [0.15, 0.2) is 36.5 Å². The van der Waals surface area contributed by atoms with E-state index < -0.39 is 105 Å². The van der Waals surface area contributed by atoms with E-state index >= 15 is 0 Å². The molecule has 17 heteroatoms. The van der Waals surface area contributed by atoms with E-state index in [4.69, 9.17) is 29.2 Å². The normalized spacial score (nSPS) is 12.8. The summed E-state index contributed by atoms with van der Waals surface area (Å²) in [6, 6.07) is 0. The van der Waals surface area contributed by atoms with Crippen molar-refractivity contribution in [2.75, 3.05) is 46.2 Å². The number of esters is 3. The molecule has 0 rings (SSSR count). The van der Waals surface area contributed by atoms with Crippen LogP contribution in [-0.4, -0.2) is 98.1 Å². The van der Waals surface area contributed by atoms with E-state index in [1.807, 2.05) is 0 Å². The fraction of sp³-hybridized carbons (Fsp3) is 0.750. The van der Waals surface area contributed by atoms with Gasteiger partial charge in [-0.25, -0.2) is 14.4 Å². The largest absolute Gasteiger partial charge is 0.462 e. The predicted octanol–water partition coefficient (Wildman–Crippen LogP) is 7.78. The number of carbonyl (C=O) groups is 3. The summed E-state index contributed by atoms with van der Waals surface area (Å²) >= 11 is 0. The standard InChI is InChI=1S/C36H54F8O9/c1-7-8-10-15-33(37,38)35(41,42)36(43,44)34(39,40)16-12-14-32(23-52-29(47)25(2)3,24-53-30(48)26(4)5)17-19-51-31(49)27(6)22-50-18-11-9-13-28(20-45)21-46/h28,45-46H,2,4,6-24H2,1,3,5H3. The minimum atomic E-state index is -6.48. The Labute approximate surface area is 305 Å². The Hall–Kier alpha value is -3.05. The van der Waals surface area contributed by atoms with Crippen molar-refractivity contribution in [1.29, 1.82) is 0 Å². The third-order valence-electron chi connectivity index (χ3n) is 8.42. The van der Waals surface area contributed by atoms with Gasteiger partial charge in [-0.15, -0.1) is 0 Å². The van der Waals surface area contributed by atoms with Crippen molar-refractivity contribution in [1.82, 2.24) is 0 Å². The van der Waals surface area contributed by atoms with Crippen LogP contribution in [0.1, 0.15) is 91.4 Å². The number of hydrogen-bond acceptors (Lipinski definition) is 9. The van der Waals surface area contributed by atoms with E-state index in [0.29, 0.717) is 19.3 Å². The molecule has 0 amide bonds. The molecule has 0 saturated heterocycles. The molecule has 2 N–H and O–H groups in total. The van der Waals surface area contributed by atoms with Crippen LogP contribution in [0.25, 0.3) is 0 Å². The second-order valence-corrected chi connectivity index (χ2v) is 13.4. The minimum absolute atomic E-state index is 0.0153. The van der Waals surface area contributed by atoms with Gasteiger partial charge in [0.05, 0.1) is 18.8 Å². The zero-order chi connectivity index (χ0) is 41.1. The van der Waals surface area contributed by atoms with Gasteiger partial charge in [0.1, 0.15) is 13.2 Å². The highest BCUT2D eigenvalue weighted by Gasteiger charge is 2.79. The van der Waals surface area contributed by atoms with Gasteiger partial charge in [0.25, 0.3) is 0 Å². The molecular formula is C36H54F8O9. The molecule has 308 valence electrons. The minimum Gasteiger partial charge on any atom is -0.462 e. The number of aliphatic hydroxyl groups is 2. The Kier molecular flexibility index (Phi) is 21.7. The zero-order valence-corrected chi connectivity index (χ0v) is 30.7. The molecule has 0 aliphatic heterocycles. The first kappa shape index (κ1) is 49.9. The van der Waals surface area contributed by atoms with Crippen LogP contribution in [-0.2, 0) is 33.3 Å². The van der Waals surface area contributed by atoms with Gasteiger partial charge in [-0.3, -0.25) is 0 Å². The summed E-state index contributed by atoms with van der Waals surface area (Å²) in [7, 11) is 0. The summed E-state index contributed by atoms with van der Waals surface area (Å²) in [5.74, 6) is -27.2. The Balaban J connectivity index is 5.97. The van der Waals surface area contributed by atoms with Crippen molar-refractivity contribution in [2.24, 2.45) is 11.3 Å². The highest BCUT2D eigenvalue weighted by molar-refractivity contribution is 5.88. The van der Waals surface area contributed by atoms with Gasteiger partial charge < -0.3 is 29.2 Å². The predicted molar refractivity (Wildman–Crippen MR) is 179 cm³/mol. The molecule has 0 aliphatic rings. The van der Waals surface area contributed by atoms with Crippen LogP contribution < -0.4 is 0 Å². The maximum atomic E-state index is 14.8. The summed E-state index contributed by atoms with van der Waals surface area (Å²) in [5.41, 5.74) is -2.13. The van der Waals surface area contributed by atoms with Gasteiger partial charge in [-0.2, -0.15) is 35.1 Å². The van der Waals surface area contributed by atoms with E-state index in [9.17, 15) is 49.5 Å². The summed E-state index contributed by atoms with van der Waals surface area (Å²) in [5, 5.41) is 18.2. The summed E-state index contributed by atoms with van der Waals surface area (Å²) in [6.45, 7) is 12.0. The van der Waals surface area contributed by atoms with Gasteiger partial charge in [-0.1, -0.05) is 45.9 Å². The molecule has 0 spiro atoms. The first-order valence-electron chi connectivity index (χ1n) is 17.3. The number of hydrogen-bond donors (Lipinski definition) is 2. The number of halogens is 8. The SMILES string of the molecule is C=C(C)C(=O)OCC(CCCC(F)(F)C(F)(F)C(F)(F)C(F)(F)CCCCC)(CCOC(=O)C(=C)COCCCCC(CO)CO)COC(=O)C(=C)C. The number of unbranched alkanes of at least 4 members (excludes halogenated alkanes) is 3. The van der Waals surface area contributed by atoms with Crippen molar-refractivity contribution >= 4 is 17.9 Å². The van der Waals surface area contributed by atoms with Gasteiger partial charge in [-0.05, 0) is 52.4 Å². The van der Waals surface area contributed by atoms with Gasteiger partial charge in [0.2, 0.25) is 0 Å². The van der Waals surface area contributed by atoms with Gasteiger partial charge >= 0.3 is 41.6 Å². The average Bonchev–Trinajstić information content (AvgIpc) is 3.08. The van der Waals surface area contributed by atoms with Crippen molar-refractivity contribution < 1.29 is 78.7 Å². The lowest BCUT2D eigenvalue weighted by Gasteiger charge is -2.38. The van der Waals surface area contributed by atoms with Crippen LogP contribution in [0.5, 0.6) is 0 Å². The summed E-state index contributed by atoms with van der Waals surface area (Å²) < 4.78 is 137. The smallest absolute Gasteiger partial charge is 0.378 e. The maximum absolute atomic E-state index is 14.8.